The smallest absolute Gasteiger partial charge is 0.336 e. The highest BCUT2D eigenvalue weighted by Gasteiger charge is 2.54. The van der Waals surface area contributed by atoms with E-state index in [9.17, 15) is 24.9 Å². The average molecular weight is 348 g/mol. The van der Waals surface area contributed by atoms with Crippen LogP contribution in [0.15, 0.2) is 34.5 Å². The molecular formula is C12H18N2O6P2. The van der Waals surface area contributed by atoms with Crippen LogP contribution < -0.4 is 11.2 Å². The van der Waals surface area contributed by atoms with Crippen molar-refractivity contribution in [3.05, 3.63) is 45.8 Å². The van der Waals surface area contributed by atoms with E-state index in [1.807, 2.05) is 0 Å². The minimum absolute atomic E-state index is 0.468. The van der Waals surface area contributed by atoms with Crippen LogP contribution in [-0.2, 0) is 4.74 Å². The molecule has 0 bridgehead atoms. The summed E-state index contributed by atoms with van der Waals surface area (Å²) in [5.41, 5.74) is -3.10. The van der Waals surface area contributed by atoms with Crippen molar-refractivity contribution in [3.8, 4) is 0 Å². The Morgan fingerprint density at radius 3 is 2.73 bits per heavy atom. The number of hydrogen-bond acceptors (Lipinski definition) is 6. The van der Waals surface area contributed by atoms with Crippen molar-refractivity contribution in [2.24, 2.45) is 0 Å². The molecule has 1 aromatic rings. The van der Waals surface area contributed by atoms with Gasteiger partial charge in [0, 0.05) is 20.0 Å². The van der Waals surface area contributed by atoms with Gasteiger partial charge in [-0.25, -0.2) is 9.13 Å². The van der Waals surface area contributed by atoms with Crippen molar-refractivity contribution >= 4 is 16.7 Å². The summed E-state index contributed by atoms with van der Waals surface area (Å²) in [5.74, 6) is 0. The fourth-order valence-electron chi connectivity index (χ4n) is 2.40. The van der Waals surface area contributed by atoms with Gasteiger partial charge in [-0.05, 0) is 6.66 Å². The van der Waals surface area contributed by atoms with E-state index in [4.69, 9.17) is 4.74 Å². The molecule has 1 fully saturated rings. The molecule has 0 amide bonds. The van der Waals surface area contributed by atoms with Gasteiger partial charge in [-0.3, -0.25) is 9.36 Å². The van der Waals surface area contributed by atoms with Gasteiger partial charge in [0.1, 0.15) is 12.2 Å². The van der Waals surface area contributed by atoms with E-state index in [1.165, 1.54) is 12.3 Å². The van der Waals surface area contributed by atoms with Gasteiger partial charge in [-0.1, -0.05) is 21.6 Å². The molecule has 0 aliphatic carbocycles. The van der Waals surface area contributed by atoms with Gasteiger partial charge in [0.05, 0.1) is 6.61 Å². The van der Waals surface area contributed by atoms with Gasteiger partial charge < -0.3 is 20.1 Å². The molecule has 2 rings (SSSR count). The van der Waals surface area contributed by atoms with Crippen LogP contribution in [0.3, 0.4) is 0 Å². The predicted molar refractivity (Wildman–Crippen MR) is 85.1 cm³/mol. The summed E-state index contributed by atoms with van der Waals surface area (Å²) in [6.45, 7) is 4.63. The summed E-state index contributed by atoms with van der Waals surface area (Å²) in [5, 5.41) is 29.8. The zero-order valence-corrected chi connectivity index (χ0v) is 13.9. The first-order valence-electron chi connectivity index (χ1n) is 6.41. The molecule has 1 aliphatic heterocycles. The molecule has 3 N–H and O–H groups in total. The standard InChI is InChI=1S/C12H18N2O6P2/c1-3-12(19)9(17)7(6-15)20-10(12)13-5-4-8(16)14(11(13)18)22(2)21/h3-5,7,9-10,15,17,19H,1,6,21H2,2H3/t7-,9-,10-,12-,22?/m1/s1. The van der Waals surface area contributed by atoms with Crippen LogP contribution in [0.25, 0.3) is 0 Å². The minimum atomic E-state index is -1.96. The van der Waals surface area contributed by atoms with Gasteiger partial charge >= 0.3 is 5.69 Å². The lowest BCUT2D eigenvalue weighted by molar-refractivity contribution is -0.0814. The maximum atomic E-state index is 12.5. The maximum Gasteiger partial charge on any atom is 0.336 e. The number of hydrogen-bond donors (Lipinski definition) is 3. The van der Waals surface area contributed by atoms with Crippen LogP contribution in [0.1, 0.15) is 6.23 Å². The highest BCUT2D eigenvalue weighted by molar-refractivity contribution is 8.12. The number of aliphatic hydroxyl groups excluding tert-OH is 2. The molecule has 0 saturated carbocycles. The molecule has 1 saturated heterocycles. The van der Waals surface area contributed by atoms with Crippen LogP contribution in [0, 0.1) is 0 Å². The normalized spacial score (nSPS) is 32.9. The van der Waals surface area contributed by atoms with Gasteiger partial charge in [0.25, 0.3) is 5.56 Å². The third kappa shape index (κ3) is 2.60. The van der Waals surface area contributed by atoms with Gasteiger partial charge in [0.2, 0.25) is 0 Å². The molecule has 8 nitrogen and oxygen atoms in total. The van der Waals surface area contributed by atoms with E-state index in [1.54, 1.807) is 6.66 Å². The number of aromatic nitrogens is 2. The van der Waals surface area contributed by atoms with Crippen molar-refractivity contribution in [2.45, 2.75) is 24.0 Å². The molecule has 1 aromatic heterocycles. The molecule has 0 spiro atoms. The molecule has 122 valence electrons. The van der Waals surface area contributed by atoms with E-state index in [-0.39, 0.29) is 0 Å². The SMILES string of the molecule is C=C[C@@]1(O)[C@H](O)[C@@H](CO)O[C@H]1n1ccc(=O)n(P(C)P)c1=O. The van der Waals surface area contributed by atoms with E-state index < -0.39 is 49.7 Å². The first kappa shape index (κ1) is 17.5. The number of ether oxygens (including phenoxy) is 1. The summed E-state index contributed by atoms with van der Waals surface area (Å²) in [4.78, 5) is 24.3. The molecule has 0 radical (unpaired) electrons. The van der Waals surface area contributed by atoms with Gasteiger partial charge in [-0.2, -0.15) is 0 Å². The van der Waals surface area contributed by atoms with Crippen LogP contribution in [0.5, 0.6) is 0 Å². The zero-order chi connectivity index (χ0) is 16.7. The van der Waals surface area contributed by atoms with E-state index in [2.05, 4.69) is 15.5 Å². The second kappa shape index (κ2) is 6.32. The first-order valence-corrected chi connectivity index (χ1v) is 9.77. The predicted octanol–water partition coefficient (Wildman–Crippen LogP) is -1.16. The molecule has 6 atom stereocenters. The zero-order valence-electron chi connectivity index (χ0n) is 11.9. The highest BCUT2D eigenvalue weighted by Crippen LogP contribution is 2.40. The van der Waals surface area contributed by atoms with Crippen molar-refractivity contribution in [1.82, 2.24) is 8.90 Å². The monoisotopic (exact) mass is 348 g/mol. The quantitative estimate of drug-likeness (QED) is 0.467. The van der Waals surface area contributed by atoms with Crippen LogP contribution in [0.2, 0.25) is 0 Å². The summed E-state index contributed by atoms with van der Waals surface area (Å²) < 4.78 is 7.45. The third-order valence-corrected chi connectivity index (χ3v) is 5.28. The van der Waals surface area contributed by atoms with Gasteiger partial charge in [0.15, 0.2) is 11.8 Å². The Labute approximate surface area is 129 Å². The van der Waals surface area contributed by atoms with E-state index >= 15 is 0 Å². The highest BCUT2D eigenvalue weighted by atomic mass is 32.0. The molecule has 0 aromatic carbocycles. The Morgan fingerprint density at radius 1 is 1.59 bits per heavy atom. The fourth-order valence-corrected chi connectivity index (χ4v) is 3.79. The molecule has 1 aliphatic rings. The lowest BCUT2D eigenvalue weighted by atomic mass is 9.94. The van der Waals surface area contributed by atoms with Crippen molar-refractivity contribution < 1.29 is 20.1 Å². The largest absolute Gasteiger partial charge is 0.394 e. The average Bonchev–Trinajstić information content (AvgIpc) is 2.72. The number of rotatable bonds is 4. The minimum Gasteiger partial charge on any atom is -0.394 e. The topological polar surface area (TPSA) is 114 Å². The second-order valence-electron chi connectivity index (χ2n) is 4.98. The van der Waals surface area contributed by atoms with Gasteiger partial charge in [-0.15, -0.1) is 0 Å². The summed E-state index contributed by atoms with van der Waals surface area (Å²) in [7, 11) is 1.28. The number of aliphatic hydroxyl groups is 3. The second-order valence-corrected chi connectivity index (χ2v) is 8.76. The molecule has 2 heterocycles. The lowest BCUT2D eigenvalue weighted by Gasteiger charge is -2.28. The third-order valence-electron chi connectivity index (χ3n) is 3.59. The summed E-state index contributed by atoms with van der Waals surface area (Å²) in [6.07, 6.45) is -1.56. The lowest BCUT2D eigenvalue weighted by Crippen LogP contribution is -2.48. The van der Waals surface area contributed by atoms with Crippen molar-refractivity contribution in [2.75, 3.05) is 13.3 Å². The van der Waals surface area contributed by atoms with Crippen LogP contribution in [0.4, 0.5) is 0 Å². The Balaban J connectivity index is 2.61. The van der Waals surface area contributed by atoms with E-state index in [0.717, 1.165) is 15.0 Å². The maximum absolute atomic E-state index is 12.5. The first-order chi connectivity index (χ1) is 10.3. The van der Waals surface area contributed by atoms with Crippen molar-refractivity contribution in [1.29, 1.82) is 0 Å². The summed E-state index contributed by atoms with van der Waals surface area (Å²) >= 11 is 0. The van der Waals surface area contributed by atoms with Crippen molar-refractivity contribution in [3.63, 3.8) is 0 Å². The Morgan fingerprint density at radius 2 is 2.23 bits per heavy atom. The summed E-state index contributed by atoms with van der Waals surface area (Å²) in [6, 6.07) is 1.18. The van der Waals surface area contributed by atoms with Crippen LogP contribution >= 0.6 is 16.7 Å². The fraction of sp³-hybridized carbons (Fsp3) is 0.500. The Bertz CT molecular complexity index is 687. The van der Waals surface area contributed by atoms with Crippen LogP contribution in [-0.4, -0.2) is 55.3 Å². The Hall–Kier alpha value is -0.880. The van der Waals surface area contributed by atoms with E-state index in [0.29, 0.717) is 0 Å². The molecule has 22 heavy (non-hydrogen) atoms. The Kier molecular flexibility index (Phi) is 5.02. The molecule has 10 heteroatoms. The molecular weight excluding hydrogens is 330 g/mol. The molecule has 2 unspecified atom stereocenters. The number of nitrogens with zero attached hydrogens (tertiary/aromatic N) is 2.